The van der Waals surface area contributed by atoms with Crippen LogP contribution in [0, 0.1) is 25.7 Å². The van der Waals surface area contributed by atoms with Gasteiger partial charge in [-0.05, 0) is 37.5 Å². The van der Waals surface area contributed by atoms with Gasteiger partial charge in [-0.25, -0.2) is 0 Å². The number of unbranched alkanes of at least 4 members (excludes halogenated alkanes) is 12. The summed E-state index contributed by atoms with van der Waals surface area (Å²) in [5.74, 6) is 1.93. The number of hydrogen-bond acceptors (Lipinski definition) is 0. The summed E-state index contributed by atoms with van der Waals surface area (Å²) < 4.78 is 0. The van der Waals surface area contributed by atoms with Gasteiger partial charge in [0.05, 0.1) is 0 Å². The molecular weight excluding hydrogens is 360 g/mol. The second kappa shape index (κ2) is 25.0. The molecule has 0 fully saturated rings. The Hall–Kier alpha value is -0.260. The highest BCUT2D eigenvalue weighted by Crippen LogP contribution is 2.21. The van der Waals surface area contributed by atoms with Crippen LogP contribution in [0.1, 0.15) is 155 Å². The minimum absolute atomic E-state index is 0.958. The van der Waals surface area contributed by atoms with E-state index in [1.807, 2.05) is 0 Å². The van der Waals surface area contributed by atoms with Gasteiger partial charge in [0.2, 0.25) is 0 Å². The lowest BCUT2D eigenvalue weighted by atomic mass is 9.93. The van der Waals surface area contributed by atoms with Crippen molar-refractivity contribution < 1.29 is 0 Å². The normalized spacial score (nSPS) is 13.9. The quantitative estimate of drug-likeness (QED) is 0.108. The van der Waals surface area contributed by atoms with Crippen molar-refractivity contribution in [3.63, 3.8) is 0 Å². The van der Waals surface area contributed by atoms with Crippen molar-refractivity contribution in [2.75, 3.05) is 0 Å². The SMILES string of the molecule is [CH2]CCCC(CC)CCCCCC=CCCCCCCCCCC(CC)CCC[CH2]. The Balaban J connectivity index is 3.32. The van der Waals surface area contributed by atoms with Crippen molar-refractivity contribution in [1.29, 1.82) is 0 Å². The zero-order valence-corrected chi connectivity index (χ0v) is 21.3. The average Bonchev–Trinajstić information content (AvgIpc) is 2.77. The largest absolute Gasteiger partial charge is 0.0885 e. The van der Waals surface area contributed by atoms with Crippen LogP contribution in [0.3, 0.4) is 0 Å². The molecule has 0 aliphatic heterocycles. The molecule has 0 spiro atoms. The molecule has 0 aromatic rings. The van der Waals surface area contributed by atoms with Gasteiger partial charge in [0, 0.05) is 0 Å². The van der Waals surface area contributed by atoms with Crippen molar-refractivity contribution in [1.82, 2.24) is 0 Å². The minimum atomic E-state index is 0.958. The summed E-state index contributed by atoms with van der Waals surface area (Å²) in [6, 6.07) is 0. The van der Waals surface area contributed by atoms with E-state index in [9.17, 15) is 0 Å². The van der Waals surface area contributed by atoms with E-state index in [4.69, 9.17) is 0 Å². The van der Waals surface area contributed by atoms with Crippen LogP contribution < -0.4 is 0 Å². The first-order chi connectivity index (χ1) is 14.8. The molecule has 0 saturated heterocycles. The zero-order valence-electron chi connectivity index (χ0n) is 21.3. The molecule has 0 heterocycles. The van der Waals surface area contributed by atoms with Gasteiger partial charge < -0.3 is 0 Å². The highest BCUT2D eigenvalue weighted by Gasteiger charge is 2.05. The van der Waals surface area contributed by atoms with Gasteiger partial charge in [-0.2, -0.15) is 0 Å². The maximum absolute atomic E-state index is 3.98. The van der Waals surface area contributed by atoms with Gasteiger partial charge >= 0.3 is 0 Å². The monoisotopic (exact) mass is 418 g/mol. The lowest BCUT2D eigenvalue weighted by molar-refractivity contribution is 0.402. The molecule has 0 aromatic heterocycles. The molecule has 30 heavy (non-hydrogen) atoms. The Morgan fingerprint density at radius 1 is 0.467 bits per heavy atom. The third-order valence-electron chi connectivity index (χ3n) is 7.01. The average molecular weight is 419 g/mol. The van der Waals surface area contributed by atoms with Crippen LogP contribution in [0.4, 0.5) is 0 Å². The van der Waals surface area contributed by atoms with Gasteiger partial charge in [-0.3, -0.25) is 0 Å². The smallest absolute Gasteiger partial charge is 0.0351 e. The first-order valence-electron chi connectivity index (χ1n) is 14.0. The number of allylic oxidation sites excluding steroid dienone is 2. The van der Waals surface area contributed by atoms with Gasteiger partial charge in [-0.15, -0.1) is 0 Å². The van der Waals surface area contributed by atoms with E-state index < -0.39 is 0 Å². The lowest BCUT2D eigenvalue weighted by Crippen LogP contribution is -1.98. The molecule has 0 saturated carbocycles. The topological polar surface area (TPSA) is 0 Å². The fourth-order valence-corrected chi connectivity index (χ4v) is 4.66. The van der Waals surface area contributed by atoms with Crippen LogP contribution in [0.15, 0.2) is 12.2 Å². The Labute approximate surface area is 193 Å². The Morgan fingerprint density at radius 3 is 1.20 bits per heavy atom. The molecule has 178 valence electrons. The highest BCUT2D eigenvalue weighted by atomic mass is 14.1. The first-order valence-corrected chi connectivity index (χ1v) is 14.0. The fourth-order valence-electron chi connectivity index (χ4n) is 4.66. The maximum Gasteiger partial charge on any atom is -0.0351 e. The van der Waals surface area contributed by atoms with E-state index in [1.165, 1.54) is 128 Å². The van der Waals surface area contributed by atoms with E-state index in [1.54, 1.807) is 0 Å². The molecule has 0 heteroatoms. The molecule has 2 atom stereocenters. The predicted molar refractivity (Wildman–Crippen MR) is 140 cm³/mol. The molecule has 0 nitrogen and oxygen atoms in total. The molecule has 0 aliphatic carbocycles. The molecule has 0 amide bonds. The summed E-state index contributed by atoms with van der Waals surface area (Å²) in [4.78, 5) is 0. The van der Waals surface area contributed by atoms with Crippen molar-refractivity contribution in [3.8, 4) is 0 Å². The molecule has 0 aromatic carbocycles. The van der Waals surface area contributed by atoms with Gasteiger partial charge in [0.1, 0.15) is 0 Å². The van der Waals surface area contributed by atoms with Crippen molar-refractivity contribution in [2.24, 2.45) is 11.8 Å². The number of hydrogen-bond donors (Lipinski definition) is 0. The molecule has 0 N–H and O–H groups in total. The summed E-state index contributed by atoms with van der Waals surface area (Å²) in [6.45, 7) is 12.7. The molecule has 2 unspecified atom stereocenters. The summed E-state index contributed by atoms with van der Waals surface area (Å²) >= 11 is 0. The van der Waals surface area contributed by atoms with Gasteiger partial charge in [0.25, 0.3) is 0 Å². The third-order valence-corrected chi connectivity index (χ3v) is 7.01. The zero-order chi connectivity index (χ0) is 22.1. The molecule has 2 radical (unpaired) electrons. The summed E-state index contributed by atoms with van der Waals surface area (Å²) in [5, 5.41) is 0. The van der Waals surface area contributed by atoms with Crippen molar-refractivity contribution in [3.05, 3.63) is 26.0 Å². The summed E-state index contributed by atoms with van der Waals surface area (Å²) in [5.41, 5.74) is 0. The van der Waals surface area contributed by atoms with Crippen LogP contribution >= 0.6 is 0 Å². The highest BCUT2D eigenvalue weighted by molar-refractivity contribution is 4.81. The lowest BCUT2D eigenvalue weighted by Gasteiger charge is -2.13. The predicted octanol–water partition coefficient (Wildman–Crippen LogP) is 11.1. The van der Waals surface area contributed by atoms with E-state index in [2.05, 4.69) is 39.8 Å². The van der Waals surface area contributed by atoms with Crippen LogP contribution in [0.2, 0.25) is 0 Å². The molecule has 0 aliphatic rings. The first kappa shape index (κ1) is 29.7. The summed E-state index contributed by atoms with van der Waals surface area (Å²) in [7, 11) is 0. The van der Waals surface area contributed by atoms with Crippen LogP contribution in [0.5, 0.6) is 0 Å². The van der Waals surface area contributed by atoms with Crippen LogP contribution in [-0.2, 0) is 0 Å². The van der Waals surface area contributed by atoms with Gasteiger partial charge in [0.15, 0.2) is 0 Å². The second-order valence-corrected chi connectivity index (χ2v) is 9.70. The second-order valence-electron chi connectivity index (χ2n) is 9.70. The maximum atomic E-state index is 3.98. The van der Waals surface area contributed by atoms with E-state index in [0.29, 0.717) is 0 Å². The Bertz CT molecular complexity index is 329. The minimum Gasteiger partial charge on any atom is -0.0885 e. The Morgan fingerprint density at radius 2 is 0.800 bits per heavy atom. The van der Waals surface area contributed by atoms with Crippen LogP contribution in [-0.4, -0.2) is 0 Å². The fraction of sp³-hybridized carbons (Fsp3) is 0.867. The standard InChI is InChI=1S/C30H58/c1-5-9-25-29(7-3)27-23-21-19-17-15-13-11-12-14-16-18-20-22-24-28-30(8-4)26-10-6-2/h13,15,29-30H,1-2,5-12,14,16-28H2,3-4H3. The Kier molecular flexibility index (Phi) is 24.8. The van der Waals surface area contributed by atoms with Crippen molar-refractivity contribution in [2.45, 2.75) is 155 Å². The van der Waals surface area contributed by atoms with E-state index >= 15 is 0 Å². The van der Waals surface area contributed by atoms with Gasteiger partial charge in [-0.1, -0.05) is 155 Å². The summed E-state index contributed by atoms with van der Waals surface area (Å²) in [6.07, 6.45) is 35.1. The van der Waals surface area contributed by atoms with Crippen LogP contribution in [0.25, 0.3) is 0 Å². The number of rotatable bonds is 24. The van der Waals surface area contributed by atoms with E-state index in [-0.39, 0.29) is 0 Å². The third kappa shape index (κ3) is 21.0. The van der Waals surface area contributed by atoms with Crippen molar-refractivity contribution >= 4 is 0 Å². The molecule has 0 rings (SSSR count). The molecule has 0 bridgehead atoms. The van der Waals surface area contributed by atoms with E-state index in [0.717, 1.165) is 24.7 Å². The molecular formula is C30H58.